The van der Waals surface area contributed by atoms with Gasteiger partial charge < -0.3 is 24.1 Å². The van der Waals surface area contributed by atoms with Gasteiger partial charge in [-0.15, -0.1) is 0 Å². The summed E-state index contributed by atoms with van der Waals surface area (Å²) in [6.45, 7) is 1.80. The molecule has 1 unspecified atom stereocenters. The largest absolute Gasteiger partial charge is 0.457 e. The van der Waals surface area contributed by atoms with E-state index in [1.54, 1.807) is 0 Å². The van der Waals surface area contributed by atoms with E-state index in [-0.39, 0.29) is 13.2 Å². The van der Waals surface area contributed by atoms with Gasteiger partial charge in [0.1, 0.15) is 18.2 Å². The van der Waals surface area contributed by atoms with Crippen molar-refractivity contribution in [3.05, 3.63) is 82.2 Å². The molecule has 3 rings (SSSR count). The average Bonchev–Trinajstić information content (AvgIpc) is 2.77. The predicted octanol–water partition coefficient (Wildman–Crippen LogP) is 3.12. The van der Waals surface area contributed by atoms with E-state index in [2.05, 4.69) is 10.0 Å². The van der Waals surface area contributed by atoms with Crippen molar-refractivity contribution in [1.29, 1.82) is 0 Å². The lowest BCUT2D eigenvalue weighted by Gasteiger charge is -2.42. The minimum Gasteiger partial charge on any atom is -0.457 e. The molecule has 164 valence electrons. The molecule has 0 radical (unpaired) electrons. The number of aliphatic hydroxyl groups is 1. The maximum absolute atomic E-state index is 11.8. The fraction of sp³-hybridized carbons (Fsp3) is 0.409. The van der Waals surface area contributed by atoms with Gasteiger partial charge in [-0.2, -0.15) is 0 Å². The Kier molecular flexibility index (Phi) is 8.40. The van der Waals surface area contributed by atoms with Gasteiger partial charge in [0, 0.05) is 11.8 Å². The summed E-state index contributed by atoms with van der Waals surface area (Å²) in [4.78, 5) is 14.6. The minimum atomic E-state index is -1.44. The fourth-order valence-electron chi connectivity index (χ4n) is 3.38. The van der Waals surface area contributed by atoms with Crippen LogP contribution >= 0.6 is 0 Å². The summed E-state index contributed by atoms with van der Waals surface area (Å²) in [5.41, 5.74) is 10.8. The summed E-state index contributed by atoms with van der Waals surface area (Å²) in [5.74, 6) is -0.550. The lowest BCUT2D eigenvalue weighted by atomic mass is 9.97. The first kappa shape index (κ1) is 22.7. The van der Waals surface area contributed by atoms with Crippen LogP contribution in [-0.4, -0.2) is 48.3 Å². The van der Waals surface area contributed by atoms with Crippen molar-refractivity contribution in [2.24, 2.45) is 5.11 Å². The molecule has 0 spiro atoms. The van der Waals surface area contributed by atoms with Crippen molar-refractivity contribution in [3.8, 4) is 0 Å². The van der Waals surface area contributed by atoms with Crippen LogP contribution < -0.4 is 0 Å². The zero-order chi connectivity index (χ0) is 22.1. The van der Waals surface area contributed by atoms with Crippen molar-refractivity contribution in [1.82, 2.24) is 0 Å². The Bertz CT molecular complexity index is 875. The first-order chi connectivity index (χ1) is 15.1. The van der Waals surface area contributed by atoms with E-state index >= 15 is 0 Å². The molecular weight excluding hydrogens is 402 g/mol. The highest BCUT2D eigenvalue weighted by Gasteiger charge is 2.48. The highest BCUT2D eigenvalue weighted by atomic mass is 16.7. The summed E-state index contributed by atoms with van der Waals surface area (Å²) in [7, 11) is 0. The average molecular weight is 427 g/mol. The highest BCUT2D eigenvalue weighted by molar-refractivity contribution is 5.66. The van der Waals surface area contributed by atoms with Gasteiger partial charge in [0.25, 0.3) is 0 Å². The van der Waals surface area contributed by atoms with Crippen LogP contribution in [0.1, 0.15) is 18.1 Å². The molecule has 5 atom stereocenters. The van der Waals surface area contributed by atoms with Crippen LogP contribution in [0.15, 0.2) is 65.8 Å². The van der Waals surface area contributed by atoms with Crippen molar-refractivity contribution in [3.63, 3.8) is 0 Å². The third kappa shape index (κ3) is 6.52. The van der Waals surface area contributed by atoms with Crippen LogP contribution in [0.2, 0.25) is 0 Å². The smallest absolute Gasteiger partial charge is 0.303 e. The number of ether oxygens (including phenoxy) is 4. The van der Waals surface area contributed by atoms with Crippen LogP contribution in [-0.2, 0) is 37.0 Å². The van der Waals surface area contributed by atoms with Gasteiger partial charge in [-0.05, 0) is 16.7 Å². The molecule has 0 aliphatic carbocycles. The van der Waals surface area contributed by atoms with E-state index in [0.29, 0.717) is 6.61 Å². The summed E-state index contributed by atoms with van der Waals surface area (Å²) in [5, 5.41) is 14.1. The molecular formula is C22H25N3O6. The number of nitrogens with zero attached hydrogens (tertiary/aromatic N) is 3. The topological polar surface area (TPSA) is 123 Å². The van der Waals surface area contributed by atoms with Gasteiger partial charge in [-0.25, -0.2) is 0 Å². The molecule has 0 aromatic heterocycles. The molecule has 2 aromatic rings. The van der Waals surface area contributed by atoms with Crippen LogP contribution in [0.3, 0.4) is 0 Å². The molecule has 9 nitrogen and oxygen atoms in total. The molecule has 2 aromatic carbocycles. The number of esters is 1. The standard InChI is InChI=1S/C22H25N3O6/c1-15(26)30-20-18(14-28-12-16-8-4-2-5-9-16)31-22(27)19(24-25-23)21(20)29-13-17-10-6-3-7-11-17/h2-11,18-22,27H,12-14H2,1H3/t18-,19-,20-,21-,22?/m1/s1. The number of hydrogen-bond acceptors (Lipinski definition) is 7. The monoisotopic (exact) mass is 427 g/mol. The number of carbonyl (C=O) groups excluding carboxylic acids is 1. The lowest BCUT2D eigenvalue weighted by Crippen LogP contribution is -2.60. The Morgan fingerprint density at radius 3 is 2.26 bits per heavy atom. The minimum absolute atomic E-state index is 0.0398. The van der Waals surface area contributed by atoms with E-state index in [9.17, 15) is 9.90 Å². The SMILES string of the molecule is CC(=O)O[C@H]1[C@H](OCc2ccccc2)[C@@H](N=[N+]=[N-])C(O)O[C@@H]1COCc1ccccc1. The highest BCUT2D eigenvalue weighted by Crippen LogP contribution is 2.29. The molecule has 1 saturated heterocycles. The van der Waals surface area contributed by atoms with Gasteiger partial charge in [-0.1, -0.05) is 65.8 Å². The van der Waals surface area contributed by atoms with Gasteiger partial charge in [-0.3, -0.25) is 4.79 Å². The van der Waals surface area contributed by atoms with Crippen molar-refractivity contribution >= 4 is 5.97 Å². The molecule has 31 heavy (non-hydrogen) atoms. The number of aliphatic hydroxyl groups excluding tert-OH is 1. The first-order valence-electron chi connectivity index (χ1n) is 9.90. The van der Waals surface area contributed by atoms with E-state index in [0.717, 1.165) is 11.1 Å². The fourth-order valence-corrected chi connectivity index (χ4v) is 3.38. The summed E-state index contributed by atoms with van der Waals surface area (Å²) in [6.07, 6.45) is -4.10. The molecule has 9 heteroatoms. The maximum Gasteiger partial charge on any atom is 0.303 e. The number of azide groups is 1. The Morgan fingerprint density at radius 2 is 1.68 bits per heavy atom. The Labute approximate surface area is 180 Å². The van der Waals surface area contributed by atoms with Crippen molar-refractivity contribution < 1.29 is 28.8 Å². The summed E-state index contributed by atoms with van der Waals surface area (Å²) in [6, 6.07) is 17.8. The second-order valence-electron chi connectivity index (χ2n) is 7.10. The number of benzene rings is 2. The second kappa shape index (κ2) is 11.5. The van der Waals surface area contributed by atoms with Crippen LogP contribution in [0.4, 0.5) is 0 Å². The Balaban J connectivity index is 1.75. The molecule has 1 N–H and O–H groups in total. The maximum atomic E-state index is 11.8. The van der Waals surface area contributed by atoms with E-state index < -0.39 is 36.6 Å². The molecule has 0 bridgehead atoms. The van der Waals surface area contributed by atoms with Gasteiger partial charge in [0.15, 0.2) is 12.4 Å². The normalized spacial score (nSPS) is 25.4. The van der Waals surface area contributed by atoms with Crippen LogP contribution in [0.5, 0.6) is 0 Å². The summed E-state index contributed by atoms with van der Waals surface area (Å²) >= 11 is 0. The number of hydrogen-bond donors (Lipinski definition) is 1. The zero-order valence-corrected chi connectivity index (χ0v) is 17.1. The van der Waals surface area contributed by atoms with Gasteiger partial charge in [0.2, 0.25) is 0 Å². The van der Waals surface area contributed by atoms with E-state index in [4.69, 9.17) is 24.5 Å². The third-order valence-corrected chi connectivity index (χ3v) is 4.80. The quantitative estimate of drug-likeness (QED) is 0.284. The number of carbonyl (C=O) groups is 1. The zero-order valence-electron chi connectivity index (χ0n) is 17.1. The van der Waals surface area contributed by atoms with Crippen LogP contribution in [0, 0.1) is 0 Å². The number of rotatable bonds is 9. The Morgan fingerprint density at radius 1 is 1.06 bits per heavy atom. The van der Waals surface area contributed by atoms with Gasteiger partial charge >= 0.3 is 5.97 Å². The molecule has 1 aliphatic heterocycles. The second-order valence-corrected chi connectivity index (χ2v) is 7.10. The van der Waals surface area contributed by atoms with Crippen molar-refractivity contribution in [2.75, 3.05) is 6.61 Å². The molecule has 1 fully saturated rings. The van der Waals surface area contributed by atoms with Gasteiger partial charge in [0.05, 0.1) is 19.8 Å². The predicted molar refractivity (Wildman–Crippen MR) is 110 cm³/mol. The first-order valence-corrected chi connectivity index (χ1v) is 9.90. The van der Waals surface area contributed by atoms with E-state index in [1.807, 2.05) is 60.7 Å². The third-order valence-electron chi connectivity index (χ3n) is 4.80. The Hall–Kier alpha value is -2.94. The molecule has 1 heterocycles. The molecule has 1 aliphatic rings. The van der Waals surface area contributed by atoms with Crippen LogP contribution in [0.25, 0.3) is 10.4 Å². The lowest BCUT2D eigenvalue weighted by molar-refractivity contribution is -0.267. The summed E-state index contributed by atoms with van der Waals surface area (Å²) < 4.78 is 22.8. The van der Waals surface area contributed by atoms with Crippen molar-refractivity contribution in [2.45, 2.75) is 50.8 Å². The van der Waals surface area contributed by atoms with E-state index in [1.165, 1.54) is 6.92 Å². The molecule has 0 saturated carbocycles. The molecule has 0 amide bonds.